The molecule has 4 rings (SSSR count). The number of fused-ring (bicyclic) bond motifs is 5. The summed E-state index contributed by atoms with van der Waals surface area (Å²) in [6.45, 7) is 9.76. The maximum atomic E-state index is 12.7. The highest BCUT2D eigenvalue weighted by molar-refractivity contribution is 5.79. The average molecular weight is 405 g/mol. The summed E-state index contributed by atoms with van der Waals surface area (Å²) in [5.74, 6) is 3.37. The Morgan fingerprint density at radius 3 is 2.48 bits per heavy atom. The van der Waals surface area contributed by atoms with Gasteiger partial charge >= 0.3 is 5.97 Å². The molecule has 0 aromatic carbocycles. The molecule has 4 aliphatic carbocycles. The van der Waals surface area contributed by atoms with Crippen LogP contribution in [-0.2, 0) is 19.1 Å². The van der Waals surface area contributed by atoms with Crippen molar-refractivity contribution < 1.29 is 19.1 Å². The number of ether oxygens (including phenoxy) is 2. The van der Waals surface area contributed by atoms with Gasteiger partial charge in [-0.25, -0.2) is 4.79 Å². The molecular formula is C25H40O4. The molecule has 164 valence electrons. The van der Waals surface area contributed by atoms with Crippen LogP contribution in [0.3, 0.4) is 0 Å². The fraction of sp³-hybridized carbons (Fsp3) is 0.920. The molecule has 0 aromatic heterocycles. The second kappa shape index (κ2) is 7.98. The number of rotatable bonds is 5. The Balaban J connectivity index is 1.57. The van der Waals surface area contributed by atoms with Crippen LogP contribution in [0.25, 0.3) is 0 Å². The molecule has 0 spiro atoms. The Morgan fingerprint density at radius 2 is 1.76 bits per heavy atom. The molecule has 0 saturated heterocycles. The van der Waals surface area contributed by atoms with Gasteiger partial charge in [-0.3, -0.25) is 4.79 Å². The van der Waals surface area contributed by atoms with E-state index in [2.05, 4.69) is 13.8 Å². The summed E-state index contributed by atoms with van der Waals surface area (Å²) in [7, 11) is 0. The van der Waals surface area contributed by atoms with E-state index in [4.69, 9.17) is 9.47 Å². The summed E-state index contributed by atoms with van der Waals surface area (Å²) >= 11 is 0. The molecule has 2 unspecified atom stereocenters. The lowest BCUT2D eigenvalue weighted by Gasteiger charge is -2.60. The number of ketones is 1. The molecular weight excluding hydrogens is 364 g/mol. The molecule has 0 heterocycles. The first kappa shape index (κ1) is 21.3. The largest absolute Gasteiger partial charge is 0.464 e. The normalized spacial score (nSPS) is 45.1. The van der Waals surface area contributed by atoms with E-state index in [1.54, 1.807) is 0 Å². The number of carbonyl (C=O) groups excluding carboxylic acids is 2. The van der Waals surface area contributed by atoms with Gasteiger partial charge in [0.1, 0.15) is 5.78 Å². The minimum Gasteiger partial charge on any atom is -0.464 e. The van der Waals surface area contributed by atoms with Crippen LogP contribution in [0.2, 0.25) is 0 Å². The highest BCUT2D eigenvalue weighted by Gasteiger charge is 2.61. The van der Waals surface area contributed by atoms with Crippen molar-refractivity contribution in [1.29, 1.82) is 0 Å². The molecule has 0 aromatic rings. The van der Waals surface area contributed by atoms with Gasteiger partial charge in [0.2, 0.25) is 0 Å². The second-order valence-electron chi connectivity index (χ2n) is 10.8. The van der Waals surface area contributed by atoms with Crippen molar-refractivity contribution in [2.24, 2.45) is 40.4 Å². The molecule has 4 saturated carbocycles. The van der Waals surface area contributed by atoms with Crippen LogP contribution >= 0.6 is 0 Å². The fourth-order valence-corrected chi connectivity index (χ4v) is 8.34. The van der Waals surface area contributed by atoms with Crippen molar-refractivity contribution in [3.05, 3.63) is 0 Å². The molecule has 0 N–H and O–H groups in total. The summed E-state index contributed by atoms with van der Waals surface area (Å²) in [5.41, 5.74) is 0.512. The predicted octanol–water partition coefficient (Wildman–Crippen LogP) is 5.18. The van der Waals surface area contributed by atoms with Gasteiger partial charge in [-0.1, -0.05) is 13.8 Å². The van der Waals surface area contributed by atoms with Crippen LogP contribution in [0.4, 0.5) is 0 Å². The van der Waals surface area contributed by atoms with Crippen LogP contribution in [-0.4, -0.2) is 31.1 Å². The van der Waals surface area contributed by atoms with E-state index in [0.29, 0.717) is 36.2 Å². The minimum atomic E-state index is -0.411. The molecule has 4 nitrogen and oxygen atoms in total. The molecule has 4 heteroatoms. The van der Waals surface area contributed by atoms with Crippen molar-refractivity contribution in [2.45, 2.75) is 91.6 Å². The van der Waals surface area contributed by atoms with Crippen molar-refractivity contribution in [2.75, 3.05) is 13.2 Å². The van der Waals surface area contributed by atoms with Gasteiger partial charge in [0.05, 0.1) is 6.61 Å². The van der Waals surface area contributed by atoms with E-state index in [9.17, 15) is 9.59 Å². The average Bonchev–Trinajstić information content (AvgIpc) is 3.04. The lowest BCUT2D eigenvalue weighted by molar-refractivity contribution is -0.169. The van der Waals surface area contributed by atoms with E-state index >= 15 is 0 Å². The van der Waals surface area contributed by atoms with Gasteiger partial charge < -0.3 is 9.47 Å². The van der Waals surface area contributed by atoms with Crippen LogP contribution in [0, 0.1) is 40.4 Å². The smallest absolute Gasteiger partial charge is 0.335 e. The predicted molar refractivity (Wildman–Crippen MR) is 112 cm³/mol. The number of hydrogen-bond acceptors (Lipinski definition) is 4. The summed E-state index contributed by atoms with van der Waals surface area (Å²) in [5, 5.41) is 0. The zero-order valence-corrected chi connectivity index (χ0v) is 18.9. The third-order valence-corrected chi connectivity index (χ3v) is 9.79. The van der Waals surface area contributed by atoms with E-state index in [-0.39, 0.29) is 17.3 Å². The first-order chi connectivity index (χ1) is 13.8. The summed E-state index contributed by atoms with van der Waals surface area (Å²) in [6, 6.07) is 0. The quantitative estimate of drug-likeness (QED) is 0.592. The molecule has 0 aliphatic heterocycles. The van der Waals surface area contributed by atoms with Crippen LogP contribution in [0.5, 0.6) is 0 Å². The Labute approximate surface area is 176 Å². The third-order valence-electron chi connectivity index (χ3n) is 9.79. The first-order valence-corrected chi connectivity index (χ1v) is 12.1. The third kappa shape index (κ3) is 3.38. The monoisotopic (exact) mass is 404 g/mol. The number of carbonyl (C=O) groups is 2. The van der Waals surface area contributed by atoms with E-state index < -0.39 is 6.10 Å². The number of Topliss-reactive ketones (excluding diaryl/α,β-unsaturated/α-hetero) is 1. The Bertz CT molecular complexity index is 645. The summed E-state index contributed by atoms with van der Waals surface area (Å²) < 4.78 is 11.4. The molecule has 0 bridgehead atoms. The zero-order chi connectivity index (χ0) is 20.8. The van der Waals surface area contributed by atoms with E-state index in [1.807, 2.05) is 13.8 Å². The lowest BCUT2D eigenvalue weighted by atomic mass is 9.44. The van der Waals surface area contributed by atoms with Crippen molar-refractivity contribution in [3.63, 3.8) is 0 Å². The number of esters is 1. The first-order valence-electron chi connectivity index (χ1n) is 12.1. The molecule has 8 atom stereocenters. The Morgan fingerprint density at radius 1 is 1.00 bits per heavy atom. The van der Waals surface area contributed by atoms with Crippen LogP contribution < -0.4 is 0 Å². The standard InChI is InChI=1S/C25H40O4/c1-5-28-22(23(27)29-6-2)21-10-9-19-18-8-7-16-15-17(26)11-13-24(16,3)20(18)12-14-25(19,21)4/h16,18-22H,5-15H2,1-4H3/t16?,18-,19-,20-,21+,22?,24-,25-/m0/s1. The Hall–Kier alpha value is -0.900. The van der Waals surface area contributed by atoms with Crippen LogP contribution in [0.15, 0.2) is 0 Å². The van der Waals surface area contributed by atoms with Crippen molar-refractivity contribution in [1.82, 2.24) is 0 Å². The SMILES string of the molecule is CCOC(=O)C(OCC)[C@H]1CC[C@H]2[C@@H]3CCC4CC(=O)CC[C@]4(C)[C@H]3CC[C@]12C. The van der Waals surface area contributed by atoms with Crippen molar-refractivity contribution >= 4 is 11.8 Å². The maximum Gasteiger partial charge on any atom is 0.335 e. The molecule has 0 amide bonds. The van der Waals surface area contributed by atoms with Gasteiger partial charge in [-0.15, -0.1) is 0 Å². The molecule has 4 aliphatic rings. The summed E-state index contributed by atoms with van der Waals surface area (Å²) in [6.07, 6.45) is 9.49. The van der Waals surface area contributed by atoms with Gasteiger partial charge in [0, 0.05) is 25.4 Å². The molecule has 4 fully saturated rings. The zero-order valence-electron chi connectivity index (χ0n) is 18.9. The molecule has 29 heavy (non-hydrogen) atoms. The van der Waals surface area contributed by atoms with E-state index in [1.165, 1.54) is 32.1 Å². The van der Waals surface area contributed by atoms with Gasteiger partial charge in [0.15, 0.2) is 6.10 Å². The van der Waals surface area contributed by atoms with Crippen molar-refractivity contribution in [3.8, 4) is 0 Å². The summed E-state index contributed by atoms with van der Waals surface area (Å²) in [4.78, 5) is 24.8. The van der Waals surface area contributed by atoms with Crippen LogP contribution in [0.1, 0.15) is 85.5 Å². The van der Waals surface area contributed by atoms with Gasteiger partial charge in [-0.05, 0) is 93.3 Å². The van der Waals surface area contributed by atoms with Gasteiger partial charge in [-0.2, -0.15) is 0 Å². The van der Waals surface area contributed by atoms with Gasteiger partial charge in [0.25, 0.3) is 0 Å². The Kier molecular flexibility index (Phi) is 5.87. The van der Waals surface area contributed by atoms with E-state index in [0.717, 1.165) is 37.5 Å². The second-order valence-corrected chi connectivity index (χ2v) is 10.8. The topological polar surface area (TPSA) is 52.6 Å². The maximum absolute atomic E-state index is 12.7. The highest BCUT2D eigenvalue weighted by Crippen LogP contribution is 2.67. The lowest BCUT2D eigenvalue weighted by Crippen LogP contribution is -2.54. The number of hydrogen-bond donors (Lipinski definition) is 0. The minimum absolute atomic E-state index is 0.162. The molecule has 0 radical (unpaired) electrons. The highest BCUT2D eigenvalue weighted by atomic mass is 16.6. The fourth-order valence-electron chi connectivity index (χ4n) is 8.34.